The van der Waals surface area contributed by atoms with E-state index >= 15 is 0 Å². The molecule has 0 saturated carbocycles. The van der Waals surface area contributed by atoms with Gasteiger partial charge in [-0.3, -0.25) is 9.59 Å². The number of para-hydroxylation sites is 1. The van der Waals surface area contributed by atoms with E-state index in [1.807, 2.05) is 37.3 Å². The number of nitrogens with zero attached hydrogens (tertiary/aromatic N) is 2. The first-order chi connectivity index (χ1) is 11.6. The Kier molecular flexibility index (Phi) is 4.25. The summed E-state index contributed by atoms with van der Waals surface area (Å²) in [5.41, 5.74) is 0.0467. The van der Waals surface area contributed by atoms with E-state index < -0.39 is 11.5 Å². The molecule has 3 rings (SSSR count). The molecule has 0 unspecified atom stereocenters. The van der Waals surface area contributed by atoms with Crippen LogP contribution in [0.25, 0.3) is 12.2 Å². The lowest BCUT2D eigenvalue weighted by atomic mass is 10.1. The summed E-state index contributed by atoms with van der Waals surface area (Å²) in [4.78, 5) is 27.2. The van der Waals surface area contributed by atoms with E-state index in [2.05, 4.69) is 0 Å². The van der Waals surface area contributed by atoms with Crippen LogP contribution >= 0.6 is 0 Å². The summed E-state index contributed by atoms with van der Waals surface area (Å²) in [7, 11) is 1.63. The van der Waals surface area contributed by atoms with Crippen molar-refractivity contribution in [3.63, 3.8) is 0 Å². The van der Waals surface area contributed by atoms with Crippen LogP contribution in [0.1, 0.15) is 30.1 Å². The van der Waals surface area contributed by atoms with E-state index in [4.69, 9.17) is 0 Å². The van der Waals surface area contributed by atoms with Gasteiger partial charge in [0.2, 0.25) is 0 Å². The molecular formula is C19H20N2O3. The number of aromatic nitrogens is 1. The van der Waals surface area contributed by atoms with Gasteiger partial charge in [-0.15, -0.1) is 0 Å². The van der Waals surface area contributed by atoms with E-state index in [1.165, 1.54) is 9.47 Å². The van der Waals surface area contributed by atoms with Crippen molar-refractivity contribution in [2.75, 3.05) is 11.4 Å². The van der Waals surface area contributed by atoms with Crippen LogP contribution in [0.15, 0.2) is 35.1 Å². The Balaban J connectivity index is 2.22. The standard InChI is InChI=1S/C19H20N2O3/c1-3-21(13-9-5-4-6-10-13)19(24)16-17(22)14-11-7-8-12-15(14)20(2)18(16)23/h4-6,9-12,22H,3,7-8H2,1-2H3. The molecule has 124 valence electrons. The first kappa shape index (κ1) is 16.1. The number of amides is 1. The van der Waals surface area contributed by atoms with Gasteiger partial charge in [-0.1, -0.05) is 30.4 Å². The molecule has 0 fully saturated rings. The fraction of sp³-hybridized carbons (Fsp3) is 0.263. The third kappa shape index (κ3) is 2.52. The van der Waals surface area contributed by atoms with Crippen molar-refractivity contribution in [2.45, 2.75) is 19.8 Å². The number of benzene rings is 1. The number of fused-ring (bicyclic) bond motifs is 1. The van der Waals surface area contributed by atoms with Gasteiger partial charge in [0.15, 0.2) is 0 Å². The second-order valence-electron chi connectivity index (χ2n) is 5.76. The van der Waals surface area contributed by atoms with Crippen LogP contribution in [0.4, 0.5) is 5.69 Å². The van der Waals surface area contributed by atoms with Crippen molar-refractivity contribution in [3.05, 3.63) is 56.8 Å². The third-order valence-electron chi connectivity index (χ3n) is 4.34. The van der Waals surface area contributed by atoms with Gasteiger partial charge in [-0.2, -0.15) is 0 Å². The Labute approximate surface area is 139 Å². The van der Waals surface area contributed by atoms with Gasteiger partial charge < -0.3 is 14.6 Å². The van der Waals surface area contributed by atoms with Crippen molar-refractivity contribution >= 4 is 23.7 Å². The van der Waals surface area contributed by atoms with Crippen LogP contribution in [0.2, 0.25) is 0 Å². The fourth-order valence-corrected chi connectivity index (χ4v) is 3.09. The molecule has 0 saturated heterocycles. The number of carbonyl (C=O) groups excluding carboxylic acids is 1. The fourth-order valence-electron chi connectivity index (χ4n) is 3.09. The Hall–Kier alpha value is -2.82. The average molecular weight is 324 g/mol. The molecule has 1 aliphatic carbocycles. The second-order valence-corrected chi connectivity index (χ2v) is 5.76. The first-order valence-electron chi connectivity index (χ1n) is 8.05. The average Bonchev–Trinajstić information content (AvgIpc) is 2.61. The maximum absolute atomic E-state index is 13.0. The summed E-state index contributed by atoms with van der Waals surface area (Å²) in [6, 6.07) is 9.14. The predicted molar refractivity (Wildman–Crippen MR) is 94.6 cm³/mol. The maximum atomic E-state index is 13.0. The zero-order chi connectivity index (χ0) is 17.3. The van der Waals surface area contributed by atoms with E-state index in [-0.39, 0.29) is 11.3 Å². The third-order valence-corrected chi connectivity index (χ3v) is 4.34. The monoisotopic (exact) mass is 324 g/mol. The maximum Gasteiger partial charge on any atom is 0.267 e. The van der Waals surface area contributed by atoms with Crippen molar-refractivity contribution in [3.8, 4) is 5.75 Å². The molecule has 5 heteroatoms. The van der Waals surface area contributed by atoms with Gasteiger partial charge in [-0.25, -0.2) is 0 Å². The molecule has 1 N–H and O–H groups in total. The quantitative estimate of drug-likeness (QED) is 0.920. The number of aromatic hydroxyl groups is 1. The normalized spacial score (nSPS) is 12.8. The van der Waals surface area contributed by atoms with Gasteiger partial charge in [0.1, 0.15) is 11.3 Å². The molecule has 1 heterocycles. The van der Waals surface area contributed by atoms with E-state index in [9.17, 15) is 14.7 Å². The molecule has 1 aromatic carbocycles. The molecule has 1 aromatic heterocycles. The highest BCUT2D eigenvalue weighted by atomic mass is 16.3. The Morgan fingerprint density at radius 1 is 1.21 bits per heavy atom. The van der Waals surface area contributed by atoms with Gasteiger partial charge >= 0.3 is 0 Å². The molecule has 0 radical (unpaired) electrons. The topological polar surface area (TPSA) is 62.5 Å². The van der Waals surface area contributed by atoms with Crippen molar-refractivity contribution < 1.29 is 9.90 Å². The van der Waals surface area contributed by atoms with Crippen LogP contribution in [0.3, 0.4) is 0 Å². The SMILES string of the molecule is CCN(C(=O)c1c(O)c2c(n(C)c1=O)=CCCC=2)c1ccccc1. The lowest BCUT2D eigenvalue weighted by Crippen LogP contribution is -2.47. The molecule has 1 aliphatic rings. The highest BCUT2D eigenvalue weighted by Crippen LogP contribution is 2.18. The van der Waals surface area contributed by atoms with Gasteiger partial charge in [-0.05, 0) is 31.9 Å². The predicted octanol–water partition coefficient (Wildman–Crippen LogP) is 1.11. The minimum Gasteiger partial charge on any atom is -0.506 e. The van der Waals surface area contributed by atoms with Gasteiger partial charge in [0.05, 0.1) is 5.35 Å². The highest BCUT2D eigenvalue weighted by molar-refractivity contribution is 6.07. The minimum atomic E-state index is -0.483. The molecule has 5 nitrogen and oxygen atoms in total. The number of rotatable bonds is 3. The van der Waals surface area contributed by atoms with Crippen molar-refractivity contribution in [1.29, 1.82) is 0 Å². The smallest absolute Gasteiger partial charge is 0.267 e. The molecule has 1 amide bonds. The van der Waals surface area contributed by atoms with E-state index in [1.54, 1.807) is 19.2 Å². The molecule has 0 atom stereocenters. The Bertz CT molecular complexity index is 959. The minimum absolute atomic E-state index is 0.173. The summed E-state index contributed by atoms with van der Waals surface area (Å²) in [5.74, 6) is -0.702. The van der Waals surface area contributed by atoms with Crippen LogP contribution in [-0.4, -0.2) is 22.1 Å². The number of pyridine rings is 1. The van der Waals surface area contributed by atoms with Crippen LogP contribution in [0.5, 0.6) is 5.75 Å². The molecule has 0 bridgehead atoms. The number of anilines is 1. The van der Waals surface area contributed by atoms with E-state index in [0.29, 0.717) is 22.8 Å². The zero-order valence-corrected chi connectivity index (χ0v) is 13.8. The van der Waals surface area contributed by atoms with Gasteiger partial charge in [0.25, 0.3) is 11.5 Å². The number of hydrogen-bond acceptors (Lipinski definition) is 3. The number of hydrogen-bond donors (Lipinski definition) is 1. The molecule has 0 aliphatic heterocycles. The van der Waals surface area contributed by atoms with Crippen molar-refractivity contribution in [2.24, 2.45) is 7.05 Å². The molecule has 2 aromatic rings. The van der Waals surface area contributed by atoms with Crippen LogP contribution < -0.4 is 21.0 Å². The van der Waals surface area contributed by atoms with Crippen molar-refractivity contribution in [1.82, 2.24) is 4.57 Å². The summed E-state index contributed by atoms with van der Waals surface area (Å²) < 4.78 is 1.44. The summed E-state index contributed by atoms with van der Waals surface area (Å²) in [5, 5.41) is 11.8. The summed E-state index contributed by atoms with van der Waals surface area (Å²) in [6.45, 7) is 2.24. The summed E-state index contributed by atoms with van der Waals surface area (Å²) >= 11 is 0. The zero-order valence-electron chi connectivity index (χ0n) is 13.8. The molecule has 0 spiro atoms. The van der Waals surface area contributed by atoms with Crippen LogP contribution in [0, 0.1) is 0 Å². The Morgan fingerprint density at radius 2 is 1.88 bits per heavy atom. The Morgan fingerprint density at radius 3 is 2.54 bits per heavy atom. The molecular weight excluding hydrogens is 304 g/mol. The second kappa shape index (κ2) is 6.35. The summed E-state index contributed by atoms with van der Waals surface area (Å²) in [6.07, 6.45) is 5.39. The largest absolute Gasteiger partial charge is 0.506 e. The lowest BCUT2D eigenvalue weighted by molar-refractivity contribution is 0.0983. The highest BCUT2D eigenvalue weighted by Gasteiger charge is 2.25. The van der Waals surface area contributed by atoms with E-state index in [0.717, 1.165) is 12.8 Å². The molecule has 24 heavy (non-hydrogen) atoms. The number of carbonyl (C=O) groups is 1. The first-order valence-corrected chi connectivity index (χ1v) is 8.05. The van der Waals surface area contributed by atoms with Crippen LogP contribution in [-0.2, 0) is 7.05 Å². The lowest BCUT2D eigenvalue weighted by Gasteiger charge is -2.22. The van der Waals surface area contributed by atoms with Gasteiger partial charge in [0, 0.05) is 24.5 Å².